The molecule has 14 heavy (non-hydrogen) atoms. The van der Waals surface area contributed by atoms with Crippen molar-refractivity contribution >= 4 is 28.2 Å². The SMILES string of the molecule is CC(C)(Br)C(=O)OCCN1C=NCC1. The van der Waals surface area contributed by atoms with Crippen molar-refractivity contribution in [3.05, 3.63) is 0 Å². The zero-order valence-corrected chi connectivity index (χ0v) is 10.1. The van der Waals surface area contributed by atoms with Gasteiger partial charge in [-0.1, -0.05) is 15.9 Å². The summed E-state index contributed by atoms with van der Waals surface area (Å²) in [6.45, 7) is 6.45. The Morgan fingerprint density at radius 1 is 1.71 bits per heavy atom. The normalized spacial score (nSPS) is 16.1. The molecule has 1 aliphatic heterocycles. The fourth-order valence-electron chi connectivity index (χ4n) is 1.01. The molecule has 0 fully saturated rings. The van der Waals surface area contributed by atoms with Crippen LogP contribution in [0.25, 0.3) is 0 Å². The Morgan fingerprint density at radius 2 is 2.43 bits per heavy atom. The highest BCUT2D eigenvalue weighted by atomic mass is 79.9. The summed E-state index contributed by atoms with van der Waals surface area (Å²) >= 11 is 3.24. The monoisotopic (exact) mass is 262 g/mol. The zero-order valence-electron chi connectivity index (χ0n) is 8.49. The van der Waals surface area contributed by atoms with E-state index in [1.807, 2.05) is 4.90 Å². The fraction of sp³-hybridized carbons (Fsp3) is 0.778. The van der Waals surface area contributed by atoms with Crippen LogP contribution >= 0.6 is 15.9 Å². The first-order valence-electron chi connectivity index (χ1n) is 4.60. The molecule has 0 saturated carbocycles. The third-order valence-electron chi connectivity index (χ3n) is 1.86. The van der Waals surface area contributed by atoms with Crippen LogP contribution in [0.15, 0.2) is 4.99 Å². The van der Waals surface area contributed by atoms with Gasteiger partial charge in [0, 0.05) is 6.54 Å². The third-order valence-corrected chi connectivity index (χ3v) is 2.18. The van der Waals surface area contributed by atoms with Crippen LogP contribution in [0.2, 0.25) is 0 Å². The van der Waals surface area contributed by atoms with E-state index in [2.05, 4.69) is 20.9 Å². The molecule has 0 aromatic heterocycles. The van der Waals surface area contributed by atoms with Gasteiger partial charge in [0.05, 0.1) is 19.4 Å². The van der Waals surface area contributed by atoms with E-state index in [4.69, 9.17) is 4.74 Å². The van der Waals surface area contributed by atoms with E-state index in [-0.39, 0.29) is 5.97 Å². The molecule has 1 heterocycles. The Kier molecular flexibility index (Phi) is 3.92. The highest BCUT2D eigenvalue weighted by molar-refractivity contribution is 9.10. The number of esters is 1. The molecular weight excluding hydrogens is 248 g/mol. The predicted octanol–water partition coefficient (Wildman–Crippen LogP) is 1.05. The number of rotatable bonds is 4. The molecule has 0 aromatic carbocycles. The molecule has 0 aliphatic carbocycles. The molecule has 0 unspecified atom stereocenters. The Morgan fingerprint density at radius 3 is 2.93 bits per heavy atom. The topological polar surface area (TPSA) is 41.9 Å². The van der Waals surface area contributed by atoms with Crippen molar-refractivity contribution in [2.24, 2.45) is 4.99 Å². The van der Waals surface area contributed by atoms with Gasteiger partial charge in [0.15, 0.2) is 0 Å². The average Bonchev–Trinajstić information content (AvgIpc) is 2.55. The van der Waals surface area contributed by atoms with Crippen molar-refractivity contribution < 1.29 is 9.53 Å². The lowest BCUT2D eigenvalue weighted by atomic mass is 10.2. The minimum atomic E-state index is -0.591. The zero-order chi connectivity index (χ0) is 10.6. The third kappa shape index (κ3) is 3.65. The van der Waals surface area contributed by atoms with Crippen LogP contribution in [-0.4, -0.2) is 47.8 Å². The maximum Gasteiger partial charge on any atom is 0.322 e. The number of aliphatic imine (C=N–C) groups is 1. The molecule has 0 radical (unpaired) electrons. The quantitative estimate of drug-likeness (QED) is 0.562. The molecule has 0 saturated heterocycles. The van der Waals surface area contributed by atoms with Crippen LogP contribution in [0.5, 0.6) is 0 Å². The van der Waals surface area contributed by atoms with Gasteiger partial charge in [0.25, 0.3) is 0 Å². The summed E-state index contributed by atoms with van der Waals surface area (Å²) in [5, 5.41) is 0. The largest absolute Gasteiger partial charge is 0.463 e. The lowest BCUT2D eigenvalue weighted by Gasteiger charge is -2.17. The minimum Gasteiger partial charge on any atom is -0.463 e. The molecular formula is C9H15BrN2O2. The number of carbonyl (C=O) groups excluding carboxylic acids is 1. The van der Waals surface area contributed by atoms with Gasteiger partial charge in [-0.3, -0.25) is 9.79 Å². The van der Waals surface area contributed by atoms with Crippen LogP contribution in [0, 0.1) is 0 Å². The van der Waals surface area contributed by atoms with E-state index < -0.39 is 4.32 Å². The summed E-state index contributed by atoms with van der Waals surface area (Å²) < 4.78 is 4.49. The fourth-order valence-corrected chi connectivity index (χ4v) is 1.13. The molecule has 0 aromatic rings. The molecule has 5 heteroatoms. The molecule has 1 aliphatic rings. The van der Waals surface area contributed by atoms with Gasteiger partial charge < -0.3 is 9.64 Å². The van der Waals surface area contributed by atoms with Gasteiger partial charge >= 0.3 is 5.97 Å². The number of carbonyl (C=O) groups is 1. The highest BCUT2D eigenvalue weighted by Crippen LogP contribution is 2.17. The maximum atomic E-state index is 11.3. The molecule has 1 rings (SSSR count). The first-order valence-corrected chi connectivity index (χ1v) is 5.39. The Labute approximate surface area is 92.5 Å². The molecule has 80 valence electrons. The summed E-state index contributed by atoms with van der Waals surface area (Å²) in [7, 11) is 0. The van der Waals surface area contributed by atoms with Crippen LogP contribution in [0.4, 0.5) is 0 Å². The van der Waals surface area contributed by atoms with Crippen LogP contribution < -0.4 is 0 Å². The van der Waals surface area contributed by atoms with Crippen molar-refractivity contribution in [1.82, 2.24) is 4.90 Å². The smallest absolute Gasteiger partial charge is 0.322 e. The lowest BCUT2D eigenvalue weighted by Crippen LogP contribution is -2.31. The molecule has 0 spiro atoms. The molecule has 0 atom stereocenters. The number of nitrogens with zero attached hydrogens (tertiary/aromatic N) is 2. The summed E-state index contributed by atoms with van der Waals surface area (Å²) in [6.07, 6.45) is 1.80. The summed E-state index contributed by atoms with van der Waals surface area (Å²) in [5.74, 6) is -0.228. The number of halogens is 1. The molecule has 0 N–H and O–H groups in total. The van der Waals surface area contributed by atoms with E-state index in [9.17, 15) is 4.79 Å². The van der Waals surface area contributed by atoms with Gasteiger partial charge in [-0.25, -0.2) is 0 Å². The first kappa shape index (κ1) is 11.5. The number of hydrogen-bond donors (Lipinski definition) is 0. The highest BCUT2D eigenvalue weighted by Gasteiger charge is 2.25. The standard InChI is InChI=1S/C9H15BrN2O2/c1-9(2,10)8(13)14-6-5-12-4-3-11-7-12/h7H,3-6H2,1-2H3. The molecule has 0 bridgehead atoms. The molecule has 4 nitrogen and oxygen atoms in total. The van der Waals surface area contributed by atoms with E-state index in [0.29, 0.717) is 6.61 Å². The Bertz CT molecular complexity index is 235. The first-order chi connectivity index (χ1) is 6.50. The maximum absolute atomic E-state index is 11.3. The predicted molar refractivity (Wildman–Crippen MR) is 58.9 cm³/mol. The summed E-state index contributed by atoms with van der Waals surface area (Å²) in [5.41, 5.74) is 0. The van der Waals surface area contributed by atoms with Crippen LogP contribution in [0.1, 0.15) is 13.8 Å². The lowest BCUT2D eigenvalue weighted by molar-refractivity contribution is -0.145. The second-order valence-electron chi connectivity index (χ2n) is 3.67. The van der Waals surface area contributed by atoms with Gasteiger partial charge in [0.2, 0.25) is 0 Å². The Hall–Kier alpha value is -0.580. The van der Waals surface area contributed by atoms with Crippen molar-refractivity contribution in [3.8, 4) is 0 Å². The van der Waals surface area contributed by atoms with Crippen molar-refractivity contribution in [1.29, 1.82) is 0 Å². The second kappa shape index (κ2) is 4.77. The van der Waals surface area contributed by atoms with Gasteiger partial charge in [-0.2, -0.15) is 0 Å². The number of ether oxygens (including phenoxy) is 1. The van der Waals surface area contributed by atoms with Gasteiger partial charge in [-0.05, 0) is 13.8 Å². The van der Waals surface area contributed by atoms with Crippen LogP contribution in [-0.2, 0) is 9.53 Å². The van der Waals surface area contributed by atoms with Gasteiger partial charge in [-0.15, -0.1) is 0 Å². The average molecular weight is 263 g/mol. The summed E-state index contributed by atoms with van der Waals surface area (Å²) in [6, 6.07) is 0. The van der Waals surface area contributed by atoms with Crippen molar-refractivity contribution in [2.45, 2.75) is 18.2 Å². The summed E-state index contributed by atoms with van der Waals surface area (Å²) in [4.78, 5) is 17.4. The molecule has 0 amide bonds. The minimum absolute atomic E-state index is 0.228. The van der Waals surface area contributed by atoms with E-state index >= 15 is 0 Å². The van der Waals surface area contributed by atoms with E-state index in [1.54, 1.807) is 20.2 Å². The second-order valence-corrected chi connectivity index (χ2v) is 5.65. The van der Waals surface area contributed by atoms with Crippen molar-refractivity contribution in [2.75, 3.05) is 26.2 Å². The van der Waals surface area contributed by atoms with E-state index in [1.165, 1.54) is 0 Å². The van der Waals surface area contributed by atoms with Gasteiger partial charge in [0.1, 0.15) is 10.9 Å². The Balaban J connectivity index is 2.15. The van der Waals surface area contributed by atoms with Crippen molar-refractivity contribution in [3.63, 3.8) is 0 Å². The van der Waals surface area contributed by atoms with Crippen LogP contribution in [0.3, 0.4) is 0 Å². The number of alkyl halides is 1. The number of hydrogen-bond acceptors (Lipinski definition) is 4. The van der Waals surface area contributed by atoms with E-state index in [0.717, 1.165) is 19.6 Å².